The Morgan fingerprint density at radius 3 is 1.79 bits per heavy atom. The predicted molar refractivity (Wildman–Crippen MR) is 274 cm³/mol. The van der Waals surface area contributed by atoms with Gasteiger partial charge in [0.2, 0.25) is 0 Å². The maximum atomic E-state index is 15.5. The number of alkyl halides is 3. The number of carbonyl (C=O) groups is 2. The summed E-state index contributed by atoms with van der Waals surface area (Å²) in [6.45, 7) is 3.82. The fourth-order valence-corrected chi connectivity index (χ4v) is 9.49. The van der Waals surface area contributed by atoms with E-state index in [1.54, 1.807) is 30.5 Å². The molecule has 0 spiro atoms. The highest BCUT2D eigenvalue weighted by molar-refractivity contribution is 6.36. The van der Waals surface area contributed by atoms with E-state index in [-0.39, 0.29) is 52.6 Å². The van der Waals surface area contributed by atoms with Gasteiger partial charge in [-0.2, -0.15) is 13.2 Å². The average Bonchev–Trinajstić information content (AvgIpc) is 3.96. The molecular formula is C51H44Cl2F6N12O4. The topological polar surface area (TPSA) is 171 Å². The number of fused-ring (bicyclic) bond motifs is 2. The van der Waals surface area contributed by atoms with E-state index in [9.17, 15) is 22.8 Å². The van der Waals surface area contributed by atoms with Crippen LogP contribution in [0.2, 0.25) is 10.0 Å². The van der Waals surface area contributed by atoms with Crippen molar-refractivity contribution < 1.29 is 45.4 Å². The monoisotopic (exact) mass is 1070 g/mol. The number of ether oxygens (including phenoxy) is 2. The molecule has 0 radical (unpaired) electrons. The van der Waals surface area contributed by atoms with Crippen molar-refractivity contribution in [3.63, 3.8) is 0 Å². The van der Waals surface area contributed by atoms with E-state index in [1.165, 1.54) is 55.0 Å². The third-order valence-electron chi connectivity index (χ3n) is 12.8. The van der Waals surface area contributed by atoms with Gasteiger partial charge < -0.3 is 45.6 Å². The van der Waals surface area contributed by atoms with Gasteiger partial charge in [-0.25, -0.2) is 32.7 Å². The van der Waals surface area contributed by atoms with Crippen molar-refractivity contribution in [2.75, 3.05) is 79.0 Å². The van der Waals surface area contributed by atoms with Crippen molar-refractivity contribution in [1.29, 1.82) is 0 Å². The molecule has 6 N–H and O–H groups in total. The molecule has 388 valence electrons. The molecule has 1 atom stereocenters. The summed E-state index contributed by atoms with van der Waals surface area (Å²) in [5, 5.41) is 11.5. The van der Waals surface area contributed by atoms with E-state index in [4.69, 9.17) is 32.7 Å². The van der Waals surface area contributed by atoms with Gasteiger partial charge >= 0.3 is 18.2 Å². The normalized spacial score (nSPS) is 15.8. The van der Waals surface area contributed by atoms with Crippen LogP contribution >= 0.6 is 23.2 Å². The number of urea groups is 2. The van der Waals surface area contributed by atoms with Crippen molar-refractivity contribution in [2.24, 2.45) is 0 Å². The number of hydrogen-bond acceptors (Lipinski definition) is 10. The van der Waals surface area contributed by atoms with Crippen molar-refractivity contribution >= 4 is 85.8 Å². The lowest BCUT2D eigenvalue weighted by atomic mass is 10.1. The molecule has 0 aliphatic carbocycles. The Morgan fingerprint density at radius 2 is 1.24 bits per heavy atom. The number of carbonyl (C=O) groups excluding carboxylic acids is 2. The average molecular weight is 1070 g/mol. The fourth-order valence-electron chi connectivity index (χ4n) is 9.02. The number of likely N-dealkylation sites (N-methyl/N-ethyl adjacent to an activating group) is 1. The second-order valence-corrected chi connectivity index (χ2v) is 18.6. The Bertz CT molecular complexity index is 3450. The van der Waals surface area contributed by atoms with E-state index in [2.05, 4.69) is 55.9 Å². The number of nitrogens with one attached hydrogen (secondary N) is 6. The molecule has 1 unspecified atom stereocenters. The van der Waals surface area contributed by atoms with E-state index in [0.717, 1.165) is 24.3 Å². The molecule has 16 nitrogen and oxygen atoms in total. The van der Waals surface area contributed by atoms with Crippen LogP contribution in [0.3, 0.4) is 0 Å². The second kappa shape index (κ2) is 21.2. The van der Waals surface area contributed by atoms with Gasteiger partial charge in [0.05, 0.1) is 43.9 Å². The lowest BCUT2D eigenvalue weighted by Crippen LogP contribution is -2.62. The molecule has 2 aliphatic rings. The minimum absolute atomic E-state index is 0.0939. The maximum Gasteiger partial charge on any atom is 0.416 e. The third kappa shape index (κ3) is 11.5. The molecule has 8 aromatic rings. The molecule has 75 heavy (non-hydrogen) atoms. The molecule has 4 aromatic heterocycles. The fraction of sp³-hybridized carbons (Fsp3) is 0.216. The maximum absolute atomic E-state index is 15.5. The lowest BCUT2D eigenvalue weighted by molar-refractivity contribution is -0.137. The number of amides is 4. The molecule has 2 fully saturated rings. The minimum Gasteiger partial charge on any atom is -0.456 e. The zero-order valence-electron chi connectivity index (χ0n) is 39.5. The minimum atomic E-state index is -4.75. The van der Waals surface area contributed by atoms with Gasteiger partial charge in [0, 0.05) is 112 Å². The highest BCUT2D eigenvalue weighted by atomic mass is 35.5. The zero-order valence-corrected chi connectivity index (χ0v) is 41.0. The third-order valence-corrected chi connectivity index (χ3v) is 13.4. The highest BCUT2D eigenvalue weighted by Crippen LogP contribution is 2.38. The number of anilines is 5. The van der Waals surface area contributed by atoms with Crippen LogP contribution in [-0.4, -0.2) is 106 Å². The van der Waals surface area contributed by atoms with Gasteiger partial charge in [-0.3, -0.25) is 14.7 Å². The molecule has 0 saturated carbocycles. The first-order valence-corrected chi connectivity index (χ1v) is 24.0. The number of benzene rings is 4. The number of hydrogen-bond donors (Lipinski definition) is 6. The number of aromatic amines is 2. The molecule has 2 saturated heterocycles. The van der Waals surface area contributed by atoms with E-state index < -0.39 is 41.3 Å². The molecule has 6 heterocycles. The molecule has 4 amide bonds. The van der Waals surface area contributed by atoms with Crippen LogP contribution in [0.25, 0.3) is 22.1 Å². The molecule has 2 aliphatic heterocycles. The van der Waals surface area contributed by atoms with E-state index in [0.29, 0.717) is 95.0 Å². The van der Waals surface area contributed by atoms with Gasteiger partial charge in [0.25, 0.3) is 0 Å². The first kappa shape index (κ1) is 50.8. The van der Waals surface area contributed by atoms with E-state index >= 15 is 13.2 Å². The van der Waals surface area contributed by atoms with Crippen LogP contribution in [0.4, 0.5) is 64.4 Å². The summed E-state index contributed by atoms with van der Waals surface area (Å²) >= 11 is 12.5. The van der Waals surface area contributed by atoms with Gasteiger partial charge in [-0.05, 0) is 73.8 Å². The van der Waals surface area contributed by atoms with Crippen molar-refractivity contribution in [1.82, 2.24) is 34.6 Å². The Balaban J connectivity index is 0.719. The predicted octanol–water partition coefficient (Wildman–Crippen LogP) is 12.0. The van der Waals surface area contributed by atoms with Gasteiger partial charge in [0.1, 0.15) is 51.7 Å². The van der Waals surface area contributed by atoms with E-state index in [1.807, 2.05) is 11.9 Å². The number of H-pyrrole nitrogens is 2. The van der Waals surface area contributed by atoms with Gasteiger partial charge in [0.15, 0.2) is 0 Å². The lowest BCUT2D eigenvalue weighted by Gasteiger charge is -2.48. The number of halogens is 8. The van der Waals surface area contributed by atoms with Crippen LogP contribution in [-0.2, 0) is 12.7 Å². The van der Waals surface area contributed by atoms with Crippen molar-refractivity contribution in [2.45, 2.75) is 18.9 Å². The number of rotatable bonds is 12. The summed E-state index contributed by atoms with van der Waals surface area (Å²) < 4.78 is 101. The number of piperazine rings is 2. The Hall–Kier alpha value is -7.76. The summed E-state index contributed by atoms with van der Waals surface area (Å²) in [5.74, 6) is -1.27. The summed E-state index contributed by atoms with van der Waals surface area (Å²) in [5.41, 5.74) is 0.237. The summed E-state index contributed by atoms with van der Waals surface area (Å²) in [7, 11) is 1.94. The standard InChI is InChI=1S/C51H44Cl2F6N12O4/c1-68-12-15-71(32-19-29(51(57,58)59)18-31(20-32)65-50(73)67-41-7-5-34(23-39(41)56)75-43-9-11-61-48-46(43)36(53)25-63-48)27-44(68)70-16-13-69(14-17-70)26-28-2-3-30(21-37(28)54)64-49(72)66-40-6-4-33(22-38(40)55)74-42-8-10-60-47-45(42)35(52)24-62-47/h2-11,18-25,44H,12-17,26-27H2,1H3,(H,60,62)(H,61,63)(H2,64,66,72)(H2,65,67,73). The Morgan fingerprint density at radius 1 is 0.667 bits per heavy atom. The largest absolute Gasteiger partial charge is 0.456 e. The quantitative estimate of drug-likeness (QED) is 0.0647. The van der Waals surface area contributed by atoms with Crippen LogP contribution in [0.5, 0.6) is 23.0 Å². The molecule has 0 bridgehead atoms. The zero-order chi connectivity index (χ0) is 52.5. The Kier molecular flexibility index (Phi) is 14.4. The van der Waals surface area contributed by atoms with Crippen LogP contribution in [0.15, 0.2) is 110 Å². The highest BCUT2D eigenvalue weighted by Gasteiger charge is 2.35. The molecule has 10 rings (SSSR count). The van der Waals surface area contributed by atoms with Crippen molar-refractivity contribution in [3.05, 3.63) is 148 Å². The first-order chi connectivity index (χ1) is 36.0. The Labute approximate surface area is 433 Å². The van der Waals surface area contributed by atoms with Crippen LogP contribution in [0.1, 0.15) is 11.1 Å². The summed E-state index contributed by atoms with van der Waals surface area (Å²) in [4.78, 5) is 48.4. The summed E-state index contributed by atoms with van der Waals surface area (Å²) in [6.07, 6.45) is 1.16. The van der Waals surface area contributed by atoms with Gasteiger partial charge in [-0.15, -0.1) is 0 Å². The number of nitrogens with zero attached hydrogens (tertiary/aromatic N) is 6. The molecular weight excluding hydrogens is 1030 g/mol. The SMILES string of the molecule is CN1CCN(c2cc(NC(=O)Nc3ccc(Oc4ccnc5[nH]cc(Cl)c45)cc3F)cc(C(F)(F)F)c2)CC1N1CCN(Cc2ccc(NC(=O)Nc3ccc(Oc4ccnc5[nH]cc(Cl)c45)cc3F)cc2F)CC1. The first-order valence-electron chi connectivity index (χ1n) is 23.3. The summed E-state index contributed by atoms with van der Waals surface area (Å²) in [6, 6.07) is 16.6. The smallest absolute Gasteiger partial charge is 0.416 e. The number of pyridine rings is 2. The van der Waals surface area contributed by atoms with Crippen LogP contribution < -0.4 is 35.6 Å². The van der Waals surface area contributed by atoms with Crippen molar-refractivity contribution in [3.8, 4) is 23.0 Å². The number of aromatic nitrogens is 4. The molecule has 4 aromatic carbocycles. The van der Waals surface area contributed by atoms with Gasteiger partial charge in [-0.1, -0.05) is 29.3 Å². The van der Waals surface area contributed by atoms with Crippen LogP contribution in [0, 0.1) is 17.5 Å². The molecule has 24 heteroatoms. The second-order valence-electron chi connectivity index (χ2n) is 17.8.